The van der Waals surface area contributed by atoms with Crippen LogP contribution in [0.25, 0.3) is 0 Å². The molecule has 0 spiro atoms. The molecular weight excluding hydrogens is 227 g/mol. The first kappa shape index (κ1) is 11.3. The maximum atomic E-state index is 12.9. The van der Waals surface area contributed by atoms with Crippen LogP contribution in [0.15, 0.2) is 23.1 Å². The van der Waals surface area contributed by atoms with Gasteiger partial charge in [-0.3, -0.25) is 4.79 Å². The van der Waals surface area contributed by atoms with Crippen molar-refractivity contribution in [2.75, 3.05) is 5.75 Å². The van der Waals surface area contributed by atoms with Gasteiger partial charge in [0.25, 0.3) is 0 Å². The Morgan fingerprint density at radius 1 is 1.57 bits per heavy atom. The van der Waals surface area contributed by atoms with Crippen molar-refractivity contribution in [3.8, 4) is 0 Å². The van der Waals surface area contributed by atoms with Crippen LogP contribution in [0.5, 0.6) is 0 Å². The van der Waals surface area contributed by atoms with E-state index in [1.807, 2.05) is 0 Å². The van der Waals surface area contributed by atoms with E-state index in [9.17, 15) is 9.18 Å². The average molecular weight is 235 g/mol. The number of aliphatic carboxylic acids is 1. The third-order valence-corrected chi connectivity index (χ3v) is 2.78. The second-order valence-corrected chi connectivity index (χ2v) is 4.14. The summed E-state index contributed by atoms with van der Waals surface area (Å²) in [5.41, 5.74) is 0. The van der Waals surface area contributed by atoms with Crippen LogP contribution in [0.4, 0.5) is 4.39 Å². The molecule has 0 radical (unpaired) electrons. The Balaban J connectivity index is 2.51. The van der Waals surface area contributed by atoms with Gasteiger partial charge in [-0.05, 0) is 18.2 Å². The molecule has 1 aromatic carbocycles. The second-order valence-electron chi connectivity index (χ2n) is 2.57. The molecule has 0 aliphatic carbocycles. The number of carboxylic acid groups (broad SMARTS) is 1. The van der Waals surface area contributed by atoms with Crippen molar-refractivity contribution in [2.45, 2.75) is 11.3 Å². The normalized spacial score (nSPS) is 10.1. The Kier molecular flexibility index (Phi) is 4.22. The Hall–Kier alpha value is -0.740. The molecule has 0 aromatic heterocycles. The van der Waals surface area contributed by atoms with E-state index in [-0.39, 0.29) is 11.4 Å². The molecule has 0 bridgehead atoms. The van der Waals surface area contributed by atoms with E-state index in [2.05, 4.69) is 0 Å². The van der Waals surface area contributed by atoms with Gasteiger partial charge in [-0.25, -0.2) is 4.39 Å². The van der Waals surface area contributed by atoms with Gasteiger partial charge in [-0.1, -0.05) is 11.6 Å². The Labute approximate surface area is 90.1 Å². The zero-order valence-corrected chi connectivity index (χ0v) is 8.74. The summed E-state index contributed by atoms with van der Waals surface area (Å²) in [5, 5.41) is 8.46. The van der Waals surface area contributed by atoms with Crippen LogP contribution < -0.4 is 0 Å². The third kappa shape index (κ3) is 3.55. The van der Waals surface area contributed by atoms with Gasteiger partial charge in [0.15, 0.2) is 0 Å². The van der Waals surface area contributed by atoms with Crippen LogP contribution in [-0.4, -0.2) is 16.8 Å². The standard InChI is InChI=1S/C9H8ClFO2S/c10-7-2-1-6(5-8(7)11)14-4-3-9(12)13/h1-2,5H,3-4H2,(H,12,13). The Bertz CT molecular complexity index is 344. The van der Waals surface area contributed by atoms with Crippen molar-refractivity contribution in [3.05, 3.63) is 29.0 Å². The molecule has 0 saturated carbocycles. The largest absolute Gasteiger partial charge is 0.481 e. The van der Waals surface area contributed by atoms with Crippen molar-refractivity contribution in [2.24, 2.45) is 0 Å². The monoisotopic (exact) mass is 234 g/mol. The zero-order chi connectivity index (χ0) is 10.6. The summed E-state index contributed by atoms with van der Waals surface area (Å²) in [7, 11) is 0. The molecule has 0 heterocycles. The van der Waals surface area contributed by atoms with Crippen molar-refractivity contribution >= 4 is 29.3 Å². The molecule has 1 rings (SSSR count). The highest BCUT2D eigenvalue weighted by Crippen LogP contribution is 2.23. The minimum atomic E-state index is -0.855. The van der Waals surface area contributed by atoms with Gasteiger partial charge in [-0.15, -0.1) is 11.8 Å². The summed E-state index contributed by atoms with van der Waals surface area (Å²) in [6.45, 7) is 0. The highest BCUT2D eigenvalue weighted by molar-refractivity contribution is 7.99. The Morgan fingerprint density at radius 3 is 2.86 bits per heavy atom. The lowest BCUT2D eigenvalue weighted by atomic mass is 10.3. The number of carbonyl (C=O) groups is 1. The predicted octanol–water partition coefficient (Wildman–Crippen LogP) is 3.05. The van der Waals surface area contributed by atoms with Crippen molar-refractivity contribution in [1.82, 2.24) is 0 Å². The van der Waals surface area contributed by atoms with Gasteiger partial charge in [0, 0.05) is 10.6 Å². The first-order valence-electron chi connectivity index (χ1n) is 3.89. The van der Waals surface area contributed by atoms with E-state index in [4.69, 9.17) is 16.7 Å². The van der Waals surface area contributed by atoms with Crippen LogP contribution in [0, 0.1) is 5.82 Å². The van der Waals surface area contributed by atoms with Gasteiger partial charge in [0.1, 0.15) is 5.82 Å². The predicted molar refractivity (Wildman–Crippen MR) is 54.4 cm³/mol. The summed E-state index contributed by atoms with van der Waals surface area (Å²) >= 11 is 6.78. The maximum absolute atomic E-state index is 12.9. The summed E-state index contributed by atoms with van der Waals surface area (Å²) < 4.78 is 12.9. The molecule has 2 nitrogen and oxygen atoms in total. The maximum Gasteiger partial charge on any atom is 0.304 e. The SMILES string of the molecule is O=C(O)CCSc1ccc(Cl)c(F)c1. The van der Waals surface area contributed by atoms with Crippen LogP contribution in [0.2, 0.25) is 5.02 Å². The number of thioether (sulfide) groups is 1. The fraction of sp³-hybridized carbons (Fsp3) is 0.222. The lowest BCUT2D eigenvalue weighted by Gasteiger charge is -2.00. The smallest absolute Gasteiger partial charge is 0.304 e. The first-order chi connectivity index (χ1) is 6.59. The number of hydrogen-bond donors (Lipinski definition) is 1. The van der Waals surface area contributed by atoms with Gasteiger partial charge in [0.05, 0.1) is 11.4 Å². The van der Waals surface area contributed by atoms with E-state index < -0.39 is 11.8 Å². The quantitative estimate of drug-likeness (QED) is 0.814. The highest BCUT2D eigenvalue weighted by atomic mass is 35.5. The molecule has 14 heavy (non-hydrogen) atoms. The van der Waals surface area contributed by atoms with Crippen molar-refractivity contribution in [3.63, 3.8) is 0 Å². The van der Waals surface area contributed by atoms with Gasteiger partial charge < -0.3 is 5.11 Å². The summed E-state index contributed by atoms with van der Waals surface area (Å²) in [4.78, 5) is 10.9. The second kappa shape index (κ2) is 5.22. The average Bonchev–Trinajstić information content (AvgIpc) is 2.10. The molecule has 0 saturated heterocycles. The van der Waals surface area contributed by atoms with E-state index in [0.29, 0.717) is 10.6 Å². The molecule has 0 fully saturated rings. The van der Waals surface area contributed by atoms with E-state index in [1.165, 1.54) is 23.9 Å². The summed E-state index contributed by atoms with van der Waals surface area (Å²) in [6.07, 6.45) is 0.0644. The topological polar surface area (TPSA) is 37.3 Å². The lowest BCUT2D eigenvalue weighted by molar-refractivity contribution is -0.136. The van der Waals surface area contributed by atoms with E-state index in [1.54, 1.807) is 6.07 Å². The first-order valence-corrected chi connectivity index (χ1v) is 5.25. The molecule has 0 unspecified atom stereocenters. The van der Waals surface area contributed by atoms with Gasteiger partial charge in [0.2, 0.25) is 0 Å². The zero-order valence-electron chi connectivity index (χ0n) is 7.17. The minimum Gasteiger partial charge on any atom is -0.481 e. The molecule has 1 N–H and O–H groups in total. The number of hydrogen-bond acceptors (Lipinski definition) is 2. The fourth-order valence-corrected chi connectivity index (χ4v) is 1.80. The Morgan fingerprint density at radius 2 is 2.29 bits per heavy atom. The lowest BCUT2D eigenvalue weighted by Crippen LogP contribution is -1.95. The number of carboxylic acids is 1. The van der Waals surface area contributed by atoms with Crippen LogP contribution in [0.3, 0.4) is 0 Å². The highest BCUT2D eigenvalue weighted by Gasteiger charge is 2.02. The number of halogens is 2. The molecule has 5 heteroatoms. The molecule has 1 aromatic rings. The molecule has 0 aliphatic heterocycles. The van der Waals surface area contributed by atoms with Crippen molar-refractivity contribution in [1.29, 1.82) is 0 Å². The van der Waals surface area contributed by atoms with Crippen molar-refractivity contribution < 1.29 is 14.3 Å². The van der Waals surface area contributed by atoms with Crippen LogP contribution in [-0.2, 0) is 4.79 Å². The van der Waals surface area contributed by atoms with E-state index >= 15 is 0 Å². The molecule has 0 amide bonds. The number of rotatable bonds is 4. The third-order valence-electron chi connectivity index (χ3n) is 1.48. The van der Waals surface area contributed by atoms with Crippen LogP contribution in [0.1, 0.15) is 6.42 Å². The fourth-order valence-electron chi connectivity index (χ4n) is 0.823. The molecule has 76 valence electrons. The van der Waals surface area contributed by atoms with E-state index in [0.717, 1.165) is 0 Å². The molecular formula is C9H8ClFO2S. The van der Waals surface area contributed by atoms with Gasteiger partial charge in [-0.2, -0.15) is 0 Å². The molecule has 0 atom stereocenters. The minimum absolute atomic E-state index is 0.0644. The van der Waals surface area contributed by atoms with Crippen LogP contribution >= 0.6 is 23.4 Å². The summed E-state index contributed by atoms with van der Waals surface area (Å²) in [5.74, 6) is -0.907. The molecule has 0 aliphatic rings. The number of benzene rings is 1. The van der Waals surface area contributed by atoms with Gasteiger partial charge >= 0.3 is 5.97 Å². The summed E-state index contributed by atoms with van der Waals surface area (Å²) in [6, 6.07) is 4.42.